The zero-order valence-corrected chi connectivity index (χ0v) is 12.6. The summed E-state index contributed by atoms with van der Waals surface area (Å²) < 4.78 is 0. The molecule has 0 aromatic rings. The summed E-state index contributed by atoms with van der Waals surface area (Å²) in [6.07, 6.45) is 11.8. The van der Waals surface area contributed by atoms with Gasteiger partial charge in [-0.05, 0) is 68.1 Å². The predicted molar refractivity (Wildman–Crippen MR) is 77.5 cm³/mol. The molecule has 0 amide bonds. The van der Waals surface area contributed by atoms with Gasteiger partial charge in [0.2, 0.25) is 0 Å². The van der Waals surface area contributed by atoms with Gasteiger partial charge in [-0.25, -0.2) is 0 Å². The fourth-order valence-electron chi connectivity index (χ4n) is 4.50. The molecular weight excluding hydrogens is 220 g/mol. The standard InChI is InChI=1S/C17H32O/c1-4-5-6-15-11-14(12-17(15,2)3)13-7-9-16(18)10-8-13/h13-16,18H,4-12H2,1-3H3. The van der Waals surface area contributed by atoms with Crippen LogP contribution in [0.3, 0.4) is 0 Å². The summed E-state index contributed by atoms with van der Waals surface area (Å²) in [5.41, 5.74) is 0.565. The lowest BCUT2D eigenvalue weighted by Gasteiger charge is -2.30. The van der Waals surface area contributed by atoms with Crippen molar-refractivity contribution in [2.45, 2.75) is 84.7 Å². The number of unbranched alkanes of at least 4 members (excludes halogenated alkanes) is 1. The molecule has 2 saturated carbocycles. The van der Waals surface area contributed by atoms with Crippen molar-refractivity contribution in [2.24, 2.45) is 23.2 Å². The van der Waals surface area contributed by atoms with Gasteiger partial charge in [-0.15, -0.1) is 0 Å². The van der Waals surface area contributed by atoms with Gasteiger partial charge in [0.15, 0.2) is 0 Å². The highest BCUT2D eigenvalue weighted by molar-refractivity contribution is 4.93. The van der Waals surface area contributed by atoms with E-state index in [-0.39, 0.29) is 6.10 Å². The number of rotatable bonds is 4. The normalized spacial score (nSPS) is 40.0. The Morgan fingerprint density at radius 2 is 1.72 bits per heavy atom. The topological polar surface area (TPSA) is 20.2 Å². The Labute approximate surface area is 113 Å². The molecule has 0 radical (unpaired) electrons. The number of aliphatic hydroxyl groups is 1. The maximum atomic E-state index is 9.64. The summed E-state index contributed by atoms with van der Waals surface area (Å²) in [4.78, 5) is 0. The summed E-state index contributed by atoms with van der Waals surface area (Å²) in [7, 11) is 0. The van der Waals surface area contributed by atoms with Gasteiger partial charge in [0.25, 0.3) is 0 Å². The first-order valence-corrected chi connectivity index (χ1v) is 8.21. The fourth-order valence-corrected chi connectivity index (χ4v) is 4.50. The molecule has 0 aromatic heterocycles. The molecule has 2 rings (SSSR count). The lowest BCUT2D eigenvalue weighted by molar-refractivity contribution is 0.0897. The molecule has 2 unspecified atom stereocenters. The van der Waals surface area contributed by atoms with Crippen molar-refractivity contribution in [3.05, 3.63) is 0 Å². The Hall–Kier alpha value is -0.0400. The van der Waals surface area contributed by atoms with E-state index in [0.717, 1.165) is 30.6 Å². The highest BCUT2D eigenvalue weighted by Gasteiger charge is 2.42. The van der Waals surface area contributed by atoms with Crippen molar-refractivity contribution in [1.29, 1.82) is 0 Å². The predicted octanol–water partition coefficient (Wildman–Crippen LogP) is 4.78. The van der Waals surface area contributed by atoms with E-state index in [2.05, 4.69) is 20.8 Å². The van der Waals surface area contributed by atoms with Crippen LogP contribution in [0.25, 0.3) is 0 Å². The second-order valence-electron chi connectivity index (χ2n) is 7.60. The molecule has 1 heteroatoms. The second kappa shape index (κ2) is 5.94. The van der Waals surface area contributed by atoms with E-state index in [1.165, 1.54) is 44.9 Å². The summed E-state index contributed by atoms with van der Waals surface area (Å²) in [6, 6.07) is 0. The lowest BCUT2D eigenvalue weighted by Crippen LogP contribution is -2.23. The zero-order chi connectivity index (χ0) is 13.2. The molecule has 2 aliphatic carbocycles. The van der Waals surface area contributed by atoms with Crippen LogP contribution in [-0.2, 0) is 0 Å². The van der Waals surface area contributed by atoms with Gasteiger partial charge < -0.3 is 5.11 Å². The Bertz CT molecular complexity index is 250. The van der Waals surface area contributed by atoms with Crippen molar-refractivity contribution in [3.63, 3.8) is 0 Å². The van der Waals surface area contributed by atoms with Gasteiger partial charge in [0, 0.05) is 0 Å². The highest BCUT2D eigenvalue weighted by atomic mass is 16.3. The summed E-state index contributed by atoms with van der Waals surface area (Å²) in [5, 5.41) is 9.64. The fraction of sp³-hybridized carbons (Fsp3) is 1.00. The van der Waals surface area contributed by atoms with Crippen LogP contribution in [-0.4, -0.2) is 11.2 Å². The summed E-state index contributed by atoms with van der Waals surface area (Å²) in [6.45, 7) is 7.29. The van der Waals surface area contributed by atoms with Crippen LogP contribution in [0.1, 0.15) is 78.6 Å². The zero-order valence-electron chi connectivity index (χ0n) is 12.6. The summed E-state index contributed by atoms with van der Waals surface area (Å²) in [5.74, 6) is 2.82. The third-order valence-corrected chi connectivity index (χ3v) is 5.79. The van der Waals surface area contributed by atoms with Crippen molar-refractivity contribution in [3.8, 4) is 0 Å². The minimum Gasteiger partial charge on any atom is -0.393 e. The van der Waals surface area contributed by atoms with Gasteiger partial charge in [-0.1, -0.05) is 33.6 Å². The Morgan fingerprint density at radius 1 is 1.06 bits per heavy atom. The third-order valence-electron chi connectivity index (χ3n) is 5.79. The Balaban J connectivity index is 1.88. The van der Waals surface area contributed by atoms with E-state index in [9.17, 15) is 5.11 Å². The minimum atomic E-state index is 0.00607. The van der Waals surface area contributed by atoms with Crippen LogP contribution in [0.4, 0.5) is 0 Å². The number of hydrogen-bond donors (Lipinski definition) is 1. The van der Waals surface area contributed by atoms with Crippen LogP contribution in [0.5, 0.6) is 0 Å². The molecule has 0 aromatic carbocycles. The molecule has 0 heterocycles. The largest absolute Gasteiger partial charge is 0.393 e. The first-order chi connectivity index (χ1) is 8.53. The molecule has 2 atom stereocenters. The molecule has 2 fully saturated rings. The molecule has 2 aliphatic rings. The highest BCUT2D eigenvalue weighted by Crippen LogP contribution is 2.52. The SMILES string of the molecule is CCCCC1CC(C2CCC(O)CC2)CC1(C)C. The average molecular weight is 252 g/mol. The molecule has 0 spiro atoms. The Morgan fingerprint density at radius 3 is 2.33 bits per heavy atom. The van der Waals surface area contributed by atoms with Crippen molar-refractivity contribution >= 4 is 0 Å². The smallest absolute Gasteiger partial charge is 0.0540 e. The monoisotopic (exact) mass is 252 g/mol. The van der Waals surface area contributed by atoms with Gasteiger partial charge in [-0.2, -0.15) is 0 Å². The molecule has 0 bridgehead atoms. The molecule has 18 heavy (non-hydrogen) atoms. The molecule has 1 nitrogen and oxygen atoms in total. The van der Waals surface area contributed by atoms with E-state index >= 15 is 0 Å². The van der Waals surface area contributed by atoms with E-state index in [0.29, 0.717) is 5.41 Å². The van der Waals surface area contributed by atoms with Crippen molar-refractivity contribution in [1.82, 2.24) is 0 Å². The number of hydrogen-bond acceptors (Lipinski definition) is 1. The quantitative estimate of drug-likeness (QED) is 0.763. The molecule has 0 saturated heterocycles. The molecule has 0 aliphatic heterocycles. The van der Waals surface area contributed by atoms with Gasteiger partial charge in [-0.3, -0.25) is 0 Å². The van der Waals surface area contributed by atoms with Crippen molar-refractivity contribution < 1.29 is 5.11 Å². The average Bonchev–Trinajstić information content (AvgIpc) is 2.63. The third kappa shape index (κ3) is 3.29. The molecule has 1 N–H and O–H groups in total. The number of aliphatic hydroxyl groups excluding tert-OH is 1. The first kappa shape index (κ1) is 14.4. The van der Waals surface area contributed by atoms with Crippen LogP contribution < -0.4 is 0 Å². The lowest BCUT2D eigenvalue weighted by atomic mass is 9.76. The van der Waals surface area contributed by atoms with Gasteiger partial charge >= 0.3 is 0 Å². The molecule has 106 valence electrons. The van der Waals surface area contributed by atoms with Crippen LogP contribution in [0.15, 0.2) is 0 Å². The molecular formula is C17H32O. The maximum Gasteiger partial charge on any atom is 0.0540 e. The van der Waals surface area contributed by atoms with E-state index < -0.39 is 0 Å². The second-order valence-corrected chi connectivity index (χ2v) is 7.60. The van der Waals surface area contributed by atoms with Gasteiger partial charge in [0.1, 0.15) is 0 Å². The first-order valence-electron chi connectivity index (χ1n) is 8.21. The Kier molecular flexibility index (Phi) is 4.75. The van der Waals surface area contributed by atoms with Gasteiger partial charge in [0.05, 0.1) is 6.10 Å². The van der Waals surface area contributed by atoms with Crippen LogP contribution >= 0.6 is 0 Å². The summed E-state index contributed by atoms with van der Waals surface area (Å²) >= 11 is 0. The minimum absolute atomic E-state index is 0.00607. The van der Waals surface area contributed by atoms with E-state index in [1.54, 1.807) is 0 Å². The van der Waals surface area contributed by atoms with Crippen LogP contribution in [0, 0.1) is 23.2 Å². The van der Waals surface area contributed by atoms with E-state index in [4.69, 9.17) is 0 Å². The van der Waals surface area contributed by atoms with Crippen molar-refractivity contribution in [2.75, 3.05) is 0 Å². The van der Waals surface area contributed by atoms with E-state index in [1.807, 2.05) is 0 Å². The van der Waals surface area contributed by atoms with Crippen LogP contribution in [0.2, 0.25) is 0 Å². The maximum absolute atomic E-state index is 9.64.